The molecule has 0 bridgehead atoms. The minimum atomic E-state index is -1.26. The molecule has 0 aliphatic carbocycles. The van der Waals surface area contributed by atoms with Crippen LogP contribution in [0.2, 0.25) is 0 Å². The van der Waals surface area contributed by atoms with E-state index >= 15 is 0 Å². The first-order valence-electron chi connectivity index (χ1n) is 6.56. The number of carboxylic acids is 2. The maximum Gasteiger partial charge on any atom is 1.00 e. The zero-order valence-corrected chi connectivity index (χ0v) is 20.2. The van der Waals surface area contributed by atoms with E-state index in [1.807, 2.05) is 24.3 Å². The van der Waals surface area contributed by atoms with E-state index in [9.17, 15) is 19.8 Å². The number of hydrogen-bond donors (Lipinski definition) is 0. The number of rotatable bonds is 8. The number of carbonyl (C=O) groups is 2. The Morgan fingerprint density at radius 1 is 0.720 bits per heavy atom. The summed E-state index contributed by atoms with van der Waals surface area (Å²) in [6.45, 7) is -0.938. The fourth-order valence-corrected chi connectivity index (χ4v) is 3.96. The molecule has 0 heterocycles. The smallest absolute Gasteiger partial charge is 1.00 e. The third-order valence-electron chi connectivity index (χ3n) is 2.60. The standard InChI is InChI=1S/C16H14O6Te.2Na/c17-15(18)9-21-11-1-5-13(6-2-11)23-14-7-3-12(4-8-14)22-10-16(19)20;;/h1-8H,9-10H2,(H,17,18)(H,19,20);;/q;2*+1/p-2. The Kier molecular flexibility index (Phi) is 12.9. The minimum absolute atomic E-state index is 0. The summed E-state index contributed by atoms with van der Waals surface area (Å²) in [4.78, 5) is 20.6. The van der Waals surface area contributed by atoms with Crippen LogP contribution in [-0.4, -0.2) is 46.1 Å². The van der Waals surface area contributed by atoms with Crippen LogP contribution < -0.4 is 86.0 Å². The number of benzene rings is 2. The molecular formula is C16H12Na2O6Te. The van der Waals surface area contributed by atoms with Crippen molar-refractivity contribution < 1.29 is 88.4 Å². The number of aliphatic carboxylic acids is 2. The van der Waals surface area contributed by atoms with Gasteiger partial charge in [-0.2, -0.15) is 0 Å². The van der Waals surface area contributed by atoms with Gasteiger partial charge in [0.1, 0.15) is 0 Å². The molecule has 0 saturated heterocycles. The summed E-state index contributed by atoms with van der Waals surface area (Å²) in [7, 11) is 0. The molecule has 0 unspecified atom stereocenters. The van der Waals surface area contributed by atoms with E-state index in [1.54, 1.807) is 24.3 Å². The Balaban J connectivity index is 0.00000288. The van der Waals surface area contributed by atoms with Crippen LogP contribution in [0.25, 0.3) is 0 Å². The van der Waals surface area contributed by atoms with Gasteiger partial charge in [-0.25, -0.2) is 0 Å². The predicted molar refractivity (Wildman–Crippen MR) is 78.9 cm³/mol. The molecule has 0 saturated carbocycles. The Bertz CT molecular complexity index is 617. The average Bonchev–Trinajstić information content (AvgIpc) is 2.53. The molecule has 0 amide bonds. The topological polar surface area (TPSA) is 98.7 Å². The molecule has 2 rings (SSSR count). The molecule has 0 aromatic heterocycles. The van der Waals surface area contributed by atoms with Crippen molar-refractivity contribution in [3.05, 3.63) is 48.5 Å². The van der Waals surface area contributed by atoms with E-state index in [0.29, 0.717) is 11.5 Å². The second kappa shape index (κ2) is 13.0. The first kappa shape index (κ1) is 24.8. The Morgan fingerprint density at radius 3 is 1.32 bits per heavy atom. The van der Waals surface area contributed by atoms with Gasteiger partial charge in [0, 0.05) is 0 Å². The van der Waals surface area contributed by atoms with Crippen LogP contribution in [0.15, 0.2) is 48.5 Å². The van der Waals surface area contributed by atoms with Gasteiger partial charge in [0.05, 0.1) is 0 Å². The van der Waals surface area contributed by atoms with Crippen LogP contribution >= 0.6 is 0 Å². The van der Waals surface area contributed by atoms with Crippen LogP contribution in [0.1, 0.15) is 0 Å². The quantitative estimate of drug-likeness (QED) is 0.353. The van der Waals surface area contributed by atoms with Crippen molar-refractivity contribution in [2.75, 3.05) is 13.2 Å². The van der Waals surface area contributed by atoms with Crippen molar-refractivity contribution in [1.29, 1.82) is 0 Å². The van der Waals surface area contributed by atoms with Crippen LogP contribution in [0.5, 0.6) is 11.5 Å². The molecular weight excluding hydrogens is 462 g/mol. The van der Waals surface area contributed by atoms with E-state index in [4.69, 9.17) is 9.47 Å². The van der Waals surface area contributed by atoms with Crippen LogP contribution in [-0.2, 0) is 9.59 Å². The molecule has 0 fully saturated rings. The summed E-state index contributed by atoms with van der Waals surface area (Å²) in [5.41, 5.74) is 0. The van der Waals surface area contributed by atoms with E-state index in [-0.39, 0.29) is 59.1 Å². The van der Waals surface area contributed by atoms with Crippen molar-refractivity contribution in [1.82, 2.24) is 0 Å². The molecule has 2 aromatic rings. The Morgan fingerprint density at radius 2 is 1.04 bits per heavy atom. The molecule has 0 aliphatic heterocycles. The SMILES string of the molecule is O=C([O-])COc1ccc([Te]c2ccc(OCC(=O)[O-])cc2)cc1.[Na+].[Na+]. The second-order valence-electron chi connectivity index (χ2n) is 4.37. The molecule has 0 spiro atoms. The monoisotopic (exact) mass is 476 g/mol. The van der Waals surface area contributed by atoms with Gasteiger partial charge in [0.2, 0.25) is 0 Å². The van der Waals surface area contributed by atoms with Gasteiger partial charge in [-0.05, 0) is 0 Å². The van der Waals surface area contributed by atoms with Crippen LogP contribution in [0, 0.1) is 0 Å². The molecule has 120 valence electrons. The van der Waals surface area contributed by atoms with Gasteiger partial charge in [-0.1, -0.05) is 0 Å². The maximum atomic E-state index is 10.3. The first-order chi connectivity index (χ1) is 11.0. The van der Waals surface area contributed by atoms with Crippen LogP contribution in [0.4, 0.5) is 0 Å². The zero-order chi connectivity index (χ0) is 16.7. The number of hydrogen-bond acceptors (Lipinski definition) is 6. The second-order valence-corrected chi connectivity index (χ2v) is 7.64. The van der Waals surface area contributed by atoms with Gasteiger partial charge in [-0.15, -0.1) is 0 Å². The van der Waals surface area contributed by atoms with Crippen molar-refractivity contribution in [3.63, 3.8) is 0 Å². The average molecular weight is 474 g/mol. The summed E-state index contributed by atoms with van der Waals surface area (Å²) in [6, 6.07) is 14.5. The van der Waals surface area contributed by atoms with Crippen molar-refractivity contribution in [2.24, 2.45) is 0 Å². The predicted octanol–water partition coefficient (Wildman–Crippen LogP) is -8.39. The van der Waals surface area contributed by atoms with E-state index in [0.717, 1.165) is 7.22 Å². The summed E-state index contributed by atoms with van der Waals surface area (Å²) >= 11 is -0.607. The number of carbonyl (C=O) groups excluding carboxylic acids is 2. The van der Waals surface area contributed by atoms with Crippen molar-refractivity contribution in [2.45, 2.75) is 0 Å². The van der Waals surface area contributed by atoms with Crippen molar-refractivity contribution >= 4 is 40.1 Å². The Labute approximate surface area is 199 Å². The molecule has 2 aromatic carbocycles. The van der Waals surface area contributed by atoms with Gasteiger partial charge < -0.3 is 0 Å². The largest absolute Gasteiger partial charge is 1.00 e. The molecule has 0 aliphatic rings. The van der Waals surface area contributed by atoms with E-state index in [2.05, 4.69) is 0 Å². The summed E-state index contributed by atoms with van der Waals surface area (Å²) < 4.78 is 12.3. The summed E-state index contributed by atoms with van der Waals surface area (Å²) in [6.07, 6.45) is 0. The molecule has 9 heteroatoms. The van der Waals surface area contributed by atoms with Gasteiger partial charge in [0.25, 0.3) is 0 Å². The third-order valence-corrected chi connectivity index (χ3v) is 5.50. The van der Waals surface area contributed by atoms with E-state index < -0.39 is 46.1 Å². The summed E-state index contributed by atoms with van der Waals surface area (Å²) in [5.74, 6) is -1.56. The molecule has 0 atom stereocenters. The van der Waals surface area contributed by atoms with Crippen LogP contribution in [0.3, 0.4) is 0 Å². The number of carboxylic acid groups (broad SMARTS) is 2. The minimum Gasteiger partial charge on any atom is 1.00 e. The maximum absolute atomic E-state index is 10.3. The molecule has 25 heavy (non-hydrogen) atoms. The summed E-state index contributed by atoms with van der Waals surface area (Å²) in [5, 5.41) is 20.6. The molecule has 0 radical (unpaired) electrons. The van der Waals surface area contributed by atoms with E-state index in [1.165, 1.54) is 0 Å². The molecule has 0 N–H and O–H groups in total. The zero-order valence-electron chi connectivity index (χ0n) is 13.9. The number of ether oxygens (including phenoxy) is 2. The first-order valence-corrected chi connectivity index (χ1v) is 8.89. The molecule has 6 nitrogen and oxygen atoms in total. The van der Waals surface area contributed by atoms with Gasteiger partial charge in [-0.3, -0.25) is 0 Å². The fourth-order valence-electron chi connectivity index (χ4n) is 1.63. The van der Waals surface area contributed by atoms with Crippen molar-refractivity contribution in [3.8, 4) is 11.5 Å². The van der Waals surface area contributed by atoms with Gasteiger partial charge >= 0.3 is 202 Å². The Hall–Kier alpha value is -0.230. The van der Waals surface area contributed by atoms with Gasteiger partial charge in [0.15, 0.2) is 0 Å². The fraction of sp³-hybridized carbons (Fsp3) is 0.125. The third kappa shape index (κ3) is 9.88. The normalized spacial score (nSPS) is 9.28.